The van der Waals surface area contributed by atoms with Crippen molar-refractivity contribution in [1.82, 2.24) is 5.32 Å². The molecule has 1 N–H and O–H groups in total. The minimum atomic E-state index is -0.0196. The quantitative estimate of drug-likeness (QED) is 0.910. The summed E-state index contributed by atoms with van der Waals surface area (Å²) in [4.78, 5) is 0. The van der Waals surface area contributed by atoms with Crippen molar-refractivity contribution in [3.63, 3.8) is 0 Å². The van der Waals surface area contributed by atoms with Crippen LogP contribution in [-0.4, -0.2) is 19.3 Å². The van der Waals surface area contributed by atoms with E-state index in [0.29, 0.717) is 6.61 Å². The van der Waals surface area contributed by atoms with Crippen LogP contribution in [0.2, 0.25) is 0 Å². The van der Waals surface area contributed by atoms with E-state index in [2.05, 4.69) is 36.5 Å². The third kappa shape index (κ3) is 3.19. The molecule has 3 nitrogen and oxygen atoms in total. The van der Waals surface area contributed by atoms with E-state index in [1.54, 1.807) is 0 Å². The van der Waals surface area contributed by atoms with Crippen LogP contribution >= 0.6 is 0 Å². The molecule has 0 fully saturated rings. The van der Waals surface area contributed by atoms with Crippen LogP contribution in [0.15, 0.2) is 54.6 Å². The third-order valence-electron chi connectivity index (χ3n) is 3.68. The van der Waals surface area contributed by atoms with Gasteiger partial charge in [-0.2, -0.15) is 0 Å². The van der Waals surface area contributed by atoms with Crippen molar-refractivity contribution in [2.75, 3.05) is 13.2 Å². The molecule has 0 spiro atoms. The van der Waals surface area contributed by atoms with E-state index in [-0.39, 0.29) is 12.1 Å². The maximum absolute atomic E-state index is 6.16. The standard InChI is InChI=1S/C18H21NO2/c1-2-12-19-18(14-8-4-3-5-9-14)17-13-20-15-10-6-7-11-16(15)21-17/h3-11,17-19H,2,12-13H2,1H3. The lowest BCUT2D eigenvalue weighted by Crippen LogP contribution is -2.42. The maximum Gasteiger partial charge on any atom is 0.161 e. The van der Waals surface area contributed by atoms with E-state index >= 15 is 0 Å². The molecular weight excluding hydrogens is 262 g/mol. The van der Waals surface area contributed by atoms with Crippen molar-refractivity contribution in [3.05, 3.63) is 60.2 Å². The molecule has 21 heavy (non-hydrogen) atoms. The average Bonchev–Trinajstić information content (AvgIpc) is 2.56. The molecule has 0 bridgehead atoms. The molecule has 1 aliphatic heterocycles. The van der Waals surface area contributed by atoms with Gasteiger partial charge in [-0.1, -0.05) is 49.4 Å². The van der Waals surface area contributed by atoms with E-state index < -0.39 is 0 Å². The van der Waals surface area contributed by atoms with Crippen molar-refractivity contribution in [3.8, 4) is 11.5 Å². The normalized spacial score (nSPS) is 18.2. The van der Waals surface area contributed by atoms with Crippen LogP contribution in [0.3, 0.4) is 0 Å². The summed E-state index contributed by atoms with van der Waals surface area (Å²) in [6.07, 6.45) is 1.07. The molecular formula is C18H21NO2. The van der Waals surface area contributed by atoms with Crippen molar-refractivity contribution >= 4 is 0 Å². The molecule has 3 heteroatoms. The number of fused-ring (bicyclic) bond motifs is 1. The van der Waals surface area contributed by atoms with E-state index in [0.717, 1.165) is 24.5 Å². The zero-order chi connectivity index (χ0) is 14.5. The van der Waals surface area contributed by atoms with Gasteiger partial charge in [-0.3, -0.25) is 0 Å². The highest BCUT2D eigenvalue weighted by Crippen LogP contribution is 2.34. The first kappa shape index (κ1) is 14.0. The lowest BCUT2D eigenvalue weighted by atomic mass is 10.0. The molecule has 0 radical (unpaired) electrons. The van der Waals surface area contributed by atoms with Gasteiger partial charge in [0.2, 0.25) is 0 Å². The van der Waals surface area contributed by atoms with Crippen molar-refractivity contribution < 1.29 is 9.47 Å². The molecule has 0 aromatic heterocycles. The van der Waals surface area contributed by atoms with Crippen LogP contribution in [-0.2, 0) is 0 Å². The highest BCUT2D eigenvalue weighted by Gasteiger charge is 2.29. The second-order valence-corrected chi connectivity index (χ2v) is 5.26. The van der Waals surface area contributed by atoms with Gasteiger partial charge in [0.25, 0.3) is 0 Å². The molecule has 2 atom stereocenters. The van der Waals surface area contributed by atoms with Crippen LogP contribution in [0.4, 0.5) is 0 Å². The molecule has 0 saturated heterocycles. The van der Waals surface area contributed by atoms with Crippen LogP contribution in [0, 0.1) is 0 Å². The summed E-state index contributed by atoms with van der Waals surface area (Å²) < 4.78 is 12.0. The topological polar surface area (TPSA) is 30.5 Å². The molecule has 0 saturated carbocycles. The smallest absolute Gasteiger partial charge is 0.161 e. The van der Waals surface area contributed by atoms with Crippen molar-refractivity contribution in [1.29, 1.82) is 0 Å². The first-order valence-corrected chi connectivity index (χ1v) is 7.55. The number of hydrogen-bond donors (Lipinski definition) is 1. The van der Waals surface area contributed by atoms with E-state index in [1.165, 1.54) is 5.56 Å². The Labute approximate surface area is 125 Å². The lowest BCUT2D eigenvalue weighted by Gasteiger charge is -2.33. The number of hydrogen-bond acceptors (Lipinski definition) is 3. The molecule has 1 aliphatic rings. The van der Waals surface area contributed by atoms with Gasteiger partial charge < -0.3 is 14.8 Å². The van der Waals surface area contributed by atoms with Crippen molar-refractivity contribution in [2.24, 2.45) is 0 Å². The van der Waals surface area contributed by atoms with Gasteiger partial charge in [0.15, 0.2) is 17.6 Å². The van der Waals surface area contributed by atoms with Crippen LogP contribution in [0.1, 0.15) is 24.9 Å². The SMILES string of the molecule is CCCNC(c1ccccc1)C1COc2ccccc2O1. The Bertz CT molecular complexity index is 570. The first-order valence-electron chi connectivity index (χ1n) is 7.55. The molecule has 2 unspecified atom stereocenters. The number of rotatable bonds is 5. The summed E-state index contributed by atoms with van der Waals surface area (Å²) in [5, 5.41) is 3.58. The Morgan fingerprint density at radius 3 is 2.52 bits per heavy atom. The minimum Gasteiger partial charge on any atom is -0.486 e. The van der Waals surface area contributed by atoms with Gasteiger partial charge in [-0.05, 0) is 30.7 Å². The summed E-state index contributed by atoms with van der Waals surface area (Å²) >= 11 is 0. The molecule has 1 heterocycles. The Morgan fingerprint density at radius 1 is 1.05 bits per heavy atom. The van der Waals surface area contributed by atoms with Crippen molar-refractivity contribution in [2.45, 2.75) is 25.5 Å². The molecule has 3 rings (SSSR count). The monoisotopic (exact) mass is 283 g/mol. The van der Waals surface area contributed by atoms with Gasteiger partial charge in [0.1, 0.15) is 6.61 Å². The number of ether oxygens (including phenoxy) is 2. The summed E-state index contributed by atoms with van der Waals surface area (Å²) in [5.74, 6) is 1.66. The fourth-order valence-electron chi connectivity index (χ4n) is 2.62. The maximum atomic E-state index is 6.16. The Kier molecular flexibility index (Phi) is 4.41. The van der Waals surface area contributed by atoms with Crippen LogP contribution in [0.5, 0.6) is 11.5 Å². The molecule has 2 aromatic carbocycles. The fourth-order valence-corrected chi connectivity index (χ4v) is 2.62. The van der Waals surface area contributed by atoms with E-state index in [4.69, 9.17) is 9.47 Å². The second kappa shape index (κ2) is 6.64. The minimum absolute atomic E-state index is 0.0196. The highest BCUT2D eigenvalue weighted by atomic mass is 16.6. The van der Waals surface area contributed by atoms with E-state index in [1.807, 2.05) is 30.3 Å². The number of benzene rings is 2. The van der Waals surface area contributed by atoms with Crippen LogP contribution in [0.25, 0.3) is 0 Å². The predicted octanol–water partition coefficient (Wildman–Crippen LogP) is 3.57. The Hall–Kier alpha value is -2.00. The van der Waals surface area contributed by atoms with Crippen LogP contribution < -0.4 is 14.8 Å². The van der Waals surface area contributed by atoms with Gasteiger partial charge in [0, 0.05) is 0 Å². The van der Waals surface area contributed by atoms with Gasteiger partial charge in [-0.25, -0.2) is 0 Å². The zero-order valence-electron chi connectivity index (χ0n) is 12.3. The third-order valence-corrected chi connectivity index (χ3v) is 3.68. The molecule has 0 amide bonds. The Morgan fingerprint density at radius 2 is 1.76 bits per heavy atom. The van der Waals surface area contributed by atoms with Gasteiger partial charge in [0.05, 0.1) is 6.04 Å². The largest absolute Gasteiger partial charge is 0.486 e. The fraction of sp³-hybridized carbons (Fsp3) is 0.333. The lowest BCUT2D eigenvalue weighted by molar-refractivity contribution is 0.0617. The highest BCUT2D eigenvalue weighted by molar-refractivity contribution is 5.41. The summed E-state index contributed by atoms with van der Waals surface area (Å²) in [6.45, 7) is 3.69. The Balaban J connectivity index is 1.81. The molecule has 110 valence electrons. The van der Waals surface area contributed by atoms with E-state index in [9.17, 15) is 0 Å². The number of para-hydroxylation sites is 2. The first-order chi connectivity index (χ1) is 10.4. The summed E-state index contributed by atoms with van der Waals surface area (Å²) in [5.41, 5.74) is 1.24. The second-order valence-electron chi connectivity index (χ2n) is 5.26. The summed E-state index contributed by atoms with van der Waals surface area (Å²) in [7, 11) is 0. The predicted molar refractivity (Wildman–Crippen MR) is 83.8 cm³/mol. The average molecular weight is 283 g/mol. The zero-order valence-corrected chi connectivity index (χ0v) is 12.3. The molecule has 0 aliphatic carbocycles. The van der Waals surface area contributed by atoms with Gasteiger partial charge >= 0.3 is 0 Å². The molecule has 2 aromatic rings. The number of nitrogens with one attached hydrogen (secondary N) is 1. The van der Waals surface area contributed by atoms with Gasteiger partial charge in [-0.15, -0.1) is 0 Å². The summed E-state index contributed by atoms with van der Waals surface area (Å²) in [6, 6.07) is 18.4.